The molecule has 0 spiro atoms. The van der Waals surface area contributed by atoms with Crippen molar-refractivity contribution in [2.75, 3.05) is 18.1 Å². The Labute approximate surface area is 244 Å². The molecular formula is C33H41CoN3O2. The maximum absolute atomic E-state index is 9.15. The van der Waals surface area contributed by atoms with E-state index in [0.717, 1.165) is 25.8 Å². The van der Waals surface area contributed by atoms with E-state index in [1.54, 1.807) is 18.2 Å². The predicted octanol–water partition coefficient (Wildman–Crippen LogP) is 8.09. The summed E-state index contributed by atoms with van der Waals surface area (Å²) >= 11 is 0. The second-order valence-electron chi connectivity index (χ2n) is 9.73. The number of hydrogen-bond acceptors (Lipinski definition) is 4. The quantitative estimate of drug-likeness (QED) is 0.124. The molecule has 209 valence electrons. The molecule has 6 heteroatoms. The van der Waals surface area contributed by atoms with Crippen LogP contribution in [-0.4, -0.2) is 30.4 Å². The summed E-state index contributed by atoms with van der Waals surface area (Å²) in [7, 11) is 0. The smallest absolute Gasteiger partial charge is 0.214 e. The van der Waals surface area contributed by atoms with E-state index in [4.69, 9.17) is 20.7 Å². The fourth-order valence-electron chi connectivity index (χ4n) is 5.12. The summed E-state index contributed by atoms with van der Waals surface area (Å²) in [4.78, 5) is 2.34. The second kappa shape index (κ2) is 15.9. The van der Waals surface area contributed by atoms with Crippen molar-refractivity contribution in [2.45, 2.75) is 58.3 Å². The second-order valence-corrected chi connectivity index (χ2v) is 9.73. The summed E-state index contributed by atoms with van der Waals surface area (Å²) in [5.74, 6) is 0.149. The topological polar surface area (TPSA) is 80.4 Å². The molecule has 0 saturated carbocycles. The van der Waals surface area contributed by atoms with E-state index >= 15 is 0 Å². The Kier molecular flexibility index (Phi) is 13.0. The minimum atomic E-state index is -0.441. The van der Waals surface area contributed by atoms with Crippen molar-refractivity contribution in [3.8, 4) is 5.75 Å². The van der Waals surface area contributed by atoms with Crippen LogP contribution in [0.15, 0.2) is 90.6 Å². The van der Waals surface area contributed by atoms with Gasteiger partial charge in [0.2, 0.25) is 5.90 Å². The van der Waals surface area contributed by atoms with Crippen LogP contribution in [0.4, 0.5) is 5.69 Å². The zero-order valence-electron chi connectivity index (χ0n) is 23.2. The third-order valence-electron chi connectivity index (χ3n) is 7.00. The Hall–Kier alpha value is -3.35. The van der Waals surface area contributed by atoms with E-state index in [1.807, 2.05) is 12.1 Å². The summed E-state index contributed by atoms with van der Waals surface area (Å²) < 4.78 is 5.54. The van der Waals surface area contributed by atoms with Crippen LogP contribution < -0.4 is 9.64 Å². The molecule has 0 aliphatic carbocycles. The Bertz CT molecular complexity index is 1230. The van der Waals surface area contributed by atoms with Crippen molar-refractivity contribution >= 4 is 17.8 Å². The number of hydrogen-bond donors (Lipinski definition) is 3. The number of aliphatic hydroxyl groups excluding tert-OH is 1. The summed E-state index contributed by atoms with van der Waals surface area (Å²) in [6.45, 7) is 8.20. The van der Waals surface area contributed by atoms with Gasteiger partial charge in [-0.15, -0.1) is 0 Å². The normalized spacial score (nSPS) is 16.5. The van der Waals surface area contributed by atoms with Crippen LogP contribution >= 0.6 is 0 Å². The molecule has 4 rings (SSSR count). The van der Waals surface area contributed by atoms with Gasteiger partial charge in [0.15, 0.2) is 0 Å². The molecule has 3 aromatic rings. The van der Waals surface area contributed by atoms with Crippen LogP contribution in [0.25, 0.3) is 0 Å². The number of benzene rings is 3. The number of unbranched alkanes of at least 4 members (excludes halogenated alkanes) is 3. The van der Waals surface area contributed by atoms with Gasteiger partial charge in [-0.2, -0.15) is 0 Å². The Morgan fingerprint density at radius 2 is 1.59 bits per heavy atom. The van der Waals surface area contributed by atoms with Gasteiger partial charge in [-0.1, -0.05) is 86.8 Å². The molecule has 1 heterocycles. The Morgan fingerprint density at radius 3 is 2.26 bits per heavy atom. The fraction of sp³-hybridized carbons (Fsp3) is 0.333. The summed E-state index contributed by atoms with van der Waals surface area (Å²) in [6, 6.07) is 26.3. The first kappa shape index (κ1) is 31.9. The average Bonchev–Trinajstić information content (AvgIpc) is 3.17. The Morgan fingerprint density at radius 1 is 0.923 bits per heavy atom. The monoisotopic (exact) mass is 570 g/mol. The summed E-state index contributed by atoms with van der Waals surface area (Å²) in [5, 5.41) is 23.9. The third kappa shape index (κ3) is 8.07. The summed E-state index contributed by atoms with van der Waals surface area (Å²) in [6.07, 6.45) is 8.91. The van der Waals surface area contributed by atoms with Gasteiger partial charge in [0.25, 0.3) is 0 Å². The van der Waals surface area contributed by atoms with Gasteiger partial charge in [0.1, 0.15) is 5.75 Å². The van der Waals surface area contributed by atoms with Gasteiger partial charge >= 0.3 is 0 Å². The predicted molar refractivity (Wildman–Crippen MR) is 159 cm³/mol. The van der Waals surface area contributed by atoms with E-state index in [-0.39, 0.29) is 22.2 Å². The molecule has 3 aromatic carbocycles. The molecule has 1 atom stereocenters. The molecule has 0 bridgehead atoms. The van der Waals surface area contributed by atoms with Crippen LogP contribution in [-0.2, 0) is 28.6 Å². The third-order valence-corrected chi connectivity index (χ3v) is 7.00. The minimum Gasteiger partial charge on any atom is -0.493 e. The van der Waals surface area contributed by atoms with E-state index in [2.05, 4.69) is 80.3 Å². The number of ether oxygens (including phenoxy) is 1. The van der Waals surface area contributed by atoms with Crippen LogP contribution in [0.5, 0.6) is 5.75 Å². The first-order valence-electron chi connectivity index (χ1n) is 13.6. The number of likely N-dealkylation sites (N-methyl/N-ethyl adjacent to an activating group) is 1. The van der Waals surface area contributed by atoms with Crippen LogP contribution in [0.3, 0.4) is 0 Å². The number of anilines is 1. The van der Waals surface area contributed by atoms with Crippen molar-refractivity contribution in [3.05, 3.63) is 107 Å². The number of rotatable bonds is 11. The van der Waals surface area contributed by atoms with Gasteiger partial charge < -0.3 is 20.2 Å². The first-order chi connectivity index (χ1) is 18.5. The van der Waals surface area contributed by atoms with Gasteiger partial charge in [-0.25, -0.2) is 0 Å². The molecule has 1 aliphatic heterocycles. The molecule has 39 heavy (non-hydrogen) atoms. The molecule has 5 nitrogen and oxygen atoms in total. The molecule has 0 aromatic heterocycles. The van der Waals surface area contributed by atoms with Crippen LogP contribution in [0.1, 0.15) is 63.1 Å². The zero-order chi connectivity index (χ0) is 27.4. The van der Waals surface area contributed by atoms with Crippen molar-refractivity contribution in [1.82, 2.24) is 0 Å². The van der Waals surface area contributed by atoms with E-state index in [0.29, 0.717) is 17.9 Å². The zero-order valence-corrected chi connectivity index (χ0v) is 24.3. The molecular weight excluding hydrogens is 529 g/mol. The molecule has 0 saturated heterocycles. The number of aliphatic hydroxyl groups is 1. The van der Waals surface area contributed by atoms with Gasteiger partial charge in [-0.3, -0.25) is 5.41 Å². The van der Waals surface area contributed by atoms with Crippen molar-refractivity contribution in [1.29, 1.82) is 10.8 Å². The number of fused-ring (bicyclic) bond motifs is 1. The van der Waals surface area contributed by atoms with Gasteiger partial charge in [-0.05, 0) is 62.1 Å². The molecule has 1 aliphatic rings. The van der Waals surface area contributed by atoms with Crippen LogP contribution in [0.2, 0.25) is 0 Å². The fourth-order valence-corrected chi connectivity index (χ4v) is 5.12. The molecule has 0 fully saturated rings. The molecule has 1 unspecified atom stereocenters. The Balaban J connectivity index is 0.000000281. The van der Waals surface area contributed by atoms with Gasteiger partial charge in [0, 0.05) is 46.3 Å². The van der Waals surface area contributed by atoms with E-state index < -0.39 is 5.90 Å². The molecule has 0 amide bonds. The first-order valence-corrected chi connectivity index (χ1v) is 13.6. The standard InChI is InChI=1S/C20H22N2.C13H19NO2.Co/c1-3-22-18-12-8-7-11-17(18)20(2,19(22)13-14-21)15-16-9-5-4-6-10-16;1-2-3-4-7-10-16-12-9-6-5-8-11(12)13(14)15;/h4-14,21H,3,15H2,1-2H3;5-6,8-9H,2-4,7,10H2,1H3,(H2,14,15);/b19-13-,21-14?;;. The SMILES string of the molecule is CCCCCCOc1ccccc1C(=N)O.CCN1/C(=C\C=N)C(C)(Cc2ccccc2)c2ccccc21.[Co]. The number of allylic oxidation sites excluding steroid dienone is 2. The van der Waals surface area contributed by atoms with Gasteiger partial charge in [0.05, 0.1) is 12.2 Å². The summed E-state index contributed by atoms with van der Waals surface area (Å²) in [5.41, 5.74) is 5.54. The van der Waals surface area contributed by atoms with Crippen LogP contribution in [0, 0.1) is 10.8 Å². The minimum absolute atomic E-state index is 0. The van der Waals surface area contributed by atoms with Crippen molar-refractivity contribution < 1.29 is 26.6 Å². The average molecular weight is 571 g/mol. The number of nitrogens with one attached hydrogen (secondary N) is 2. The maximum Gasteiger partial charge on any atom is 0.214 e. The number of para-hydroxylation sites is 2. The number of nitrogens with zero attached hydrogens (tertiary/aromatic N) is 1. The van der Waals surface area contributed by atoms with E-state index in [1.165, 1.54) is 41.6 Å². The van der Waals surface area contributed by atoms with E-state index in [9.17, 15) is 0 Å². The largest absolute Gasteiger partial charge is 0.493 e. The molecule has 3 N–H and O–H groups in total. The maximum atomic E-state index is 9.15. The molecule has 1 radical (unpaired) electrons. The van der Waals surface area contributed by atoms with Crippen molar-refractivity contribution in [3.63, 3.8) is 0 Å². The van der Waals surface area contributed by atoms with Crippen molar-refractivity contribution in [2.24, 2.45) is 0 Å².